The van der Waals surface area contributed by atoms with Crippen molar-refractivity contribution in [2.24, 2.45) is 0 Å². The van der Waals surface area contributed by atoms with E-state index >= 15 is 0 Å². The minimum absolute atomic E-state index is 0.189. The molecule has 5 nitrogen and oxygen atoms in total. The Hall–Kier alpha value is -2.28. The maximum absolute atomic E-state index is 12.5. The molecular weight excluding hydrogens is 408 g/mol. The molecule has 0 fully saturated rings. The smallest absolute Gasteiger partial charge is 0.353 e. The molecule has 152 valence electrons. The van der Waals surface area contributed by atoms with Crippen molar-refractivity contribution < 1.29 is 9.84 Å². The Labute approximate surface area is 179 Å². The normalized spacial score (nSPS) is 11.5. The van der Waals surface area contributed by atoms with E-state index in [2.05, 4.69) is 4.98 Å². The van der Waals surface area contributed by atoms with E-state index in [4.69, 9.17) is 16.3 Å². The number of hydrogen-bond donors (Lipinski definition) is 1. The minimum atomic E-state index is -0.911. The quantitative estimate of drug-likeness (QED) is 0.437. The molecule has 1 aromatic heterocycles. The van der Waals surface area contributed by atoms with Crippen LogP contribution in [0.25, 0.3) is 5.69 Å². The van der Waals surface area contributed by atoms with Crippen LogP contribution in [0.1, 0.15) is 25.0 Å². The molecule has 3 rings (SSSR count). The Bertz CT molecular complexity index is 1040. The SMILES string of the molecule is Cc1cc(-n2ccc(SCc3ccc(Cl)cc3)nc2=O)ccc1OCC(C)(C)O. The first kappa shape index (κ1) is 21.4. The molecule has 7 heteroatoms. The fraction of sp³-hybridized carbons (Fsp3) is 0.273. The van der Waals surface area contributed by atoms with Crippen LogP contribution in [-0.2, 0) is 5.75 Å². The van der Waals surface area contributed by atoms with Crippen LogP contribution < -0.4 is 10.4 Å². The van der Waals surface area contributed by atoms with Crippen LogP contribution in [0.15, 0.2) is 64.5 Å². The molecule has 0 radical (unpaired) electrons. The van der Waals surface area contributed by atoms with Crippen molar-refractivity contribution in [1.82, 2.24) is 9.55 Å². The summed E-state index contributed by atoms with van der Waals surface area (Å²) in [6.45, 7) is 5.47. The van der Waals surface area contributed by atoms with Crippen LogP contribution in [0, 0.1) is 6.92 Å². The van der Waals surface area contributed by atoms with Crippen LogP contribution in [-0.4, -0.2) is 26.9 Å². The zero-order chi connectivity index (χ0) is 21.0. The lowest BCUT2D eigenvalue weighted by atomic mass is 10.1. The number of hydrogen-bond acceptors (Lipinski definition) is 5. The number of ether oxygens (including phenoxy) is 1. The number of aromatic nitrogens is 2. The summed E-state index contributed by atoms with van der Waals surface area (Å²) in [6.07, 6.45) is 1.73. The van der Waals surface area contributed by atoms with Crippen molar-refractivity contribution in [3.8, 4) is 11.4 Å². The van der Waals surface area contributed by atoms with Crippen molar-refractivity contribution in [1.29, 1.82) is 0 Å². The summed E-state index contributed by atoms with van der Waals surface area (Å²) in [5.41, 5.74) is 1.45. The molecule has 0 saturated heterocycles. The Morgan fingerprint density at radius 2 is 1.90 bits per heavy atom. The molecule has 1 heterocycles. The van der Waals surface area contributed by atoms with E-state index in [-0.39, 0.29) is 12.3 Å². The van der Waals surface area contributed by atoms with Gasteiger partial charge in [-0.25, -0.2) is 4.79 Å². The summed E-state index contributed by atoms with van der Waals surface area (Å²) >= 11 is 7.40. The zero-order valence-electron chi connectivity index (χ0n) is 16.6. The highest BCUT2D eigenvalue weighted by Gasteiger charge is 2.14. The lowest BCUT2D eigenvalue weighted by Crippen LogP contribution is -2.28. The zero-order valence-corrected chi connectivity index (χ0v) is 18.1. The first-order valence-electron chi connectivity index (χ1n) is 9.14. The van der Waals surface area contributed by atoms with Gasteiger partial charge < -0.3 is 9.84 Å². The van der Waals surface area contributed by atoms with Gasteiger partial charge in [-0.05, 0) is 68.3 Å². The average Bonchev–Trinajstić information content (AvgIpc) is 2.66. The molecule has 0 bridgehead atoms. The second-order valence-electron chi connectivity index (χ2n) is 7.38. The molecule has 0 atom stereocenters. The van der Waals surface area contributed by atoms with Gasteiger partial charge in [0.2, 0.25) is 0 Å². The molecular formula is C22H23ClN2O3S. The molecule has 0 aliphatic carbocycles. The first-order valence-corrected chi connectivity index (χ1v) is 10.5. The Morgan fingerprint density at radius 3 is 2.52 bits per heavy atom. The van der Waals surface area contributed by atoms with Crippen molar-refractivity contribution in [2.75, 3.05) is 6.61 Å². The topological polar surface area (TPSA) is 64.4 Å². The van der Waals surface area contributed by atoms with Gasteiger partial charge in [0.05, 0.1) is 11.3 Å². The first-order chi connectivity index (χ1) is 13.7. The number of rotatable bonds is 7. The molecule has 0 spiro atoms. The predicted molar refractivity (Wildman–Crippen MR) is 117 cm³/mol. The summed E-state index contributed by atoms with van der Waals surface area (Å²) in [4.78, 5) is 16.7. The Balaban J connectivity index is 1.72. The minimum Gasteiger partial charge on any atom is -0.490 e. The molecule has 3 aromatic rings. The average molecular weight is 431 g/mol. The predicted octanol–water partition coefficient (Wildman–Crippen LogP) is 4.64. The number of nitrogens with zero attached hydrogens (tertiary/aromatic N) is 2. The van der Waals surface area contributed by atoms with Crippen molar-refractivity contribution in [3.05, 3.63) is 81.4 Å². The highest BCUT2D eigenvalue weighted by atomic mass is 35.5. The van der Waals surface area contributed by atoms with Gasteiger partial charge in [0.15, 0.2) is 0 Å². The van der Waals surface area contributed by atoms with Gasteiger partial charge in [-0.1, -0.05) is 23.7 Å². The third kappa shape index (κ3) is 6.10. The van der Waals surface area contributed by atoms with Gasteiger partial charge in [-0.15, -0.1) is 11.8 Å². The Morgan fingerprint density at radius 1 is 1.17 bits per heavy atom. The van der Waals surface area contributed by atoms with Crippen LogP contribution in [0.3, 0.4) is 0 Å². The fourth-order valence-electron chi connectivity index (χ4n) is 2.60. The summed E-state index contributed by atoms with van der Waals surface area (Å²) in [5.74, 6) is 1.38. The molecule has 0 aliphatic heterocycles. The number of halogens is 1. The third-order valence-electron chi connectivity index (χ3n) is 4.10. The highest BCUT2D eigenvalue weighted by molar-refractivity contribution is 7.98. The molecule has 0 unspecified atom stereocenters. The van der Waals surface area contributed by atoms with Gasteiger partial charge in [0, 0.05) is 17.0 Å². The standard InChI is InChI=1S/C22H23ClN2O3S/c1-15-12-18(8-9-19(15)28-14-22(2,3)27)25-11-10-20(24-21(25)26)29-13-16-4-6-17(23)7-5-16/h4-12,27H,13-14H2,1-3H3. The monoisotopic (exact) mass is 430 g/mol. The van der Waals surface area contributed by atoms with Crippen LogP contribution in [0.5, 0.6) is 5.75 Å². The van der Waals surface area contributed by atoms with Gasteiger partial charge in [0.25, 0.3) is 0 Å². The molecule has 2 aromatic carbocycles. The summed E-state index contributed by atoms with van der Waals surface area (Å²) in [7, 11) is 0. The van der Waals surface area contributed by atoms with E-state index in [0.717, 1.165) is 11.1 Å². The van der Waals surface area contributed by atoms with Gasteiger partial charge >= 0.3 is 5.69 Å². The lowest BCUT2D eigenvalue weighted by molar-refractivity contribution is 0.0282. The van der Waals surface area contributed by atoms with Crippen molar-refractivity contribution >= 4 is 23.4 Å². The largest absolute Gasteiger partial charge is 0.490 e. The van der Waals surface area contributed by atoms with E-state index in [1.807, 2.05) is 43.3 Å². The summed E-state index contributed by atoms with van der Waals surface area (Å²) in [5, 5.41) is 11.2. The van der Waals surface area contributed by atoms with Gasteiger partial charge in [-0.3, -0.25) is 4.57 Å². The molecule has 29 heavy (non-hydrogen) atoms. The fourth-order valence-corrected chi connectivity index (χ4v) is 3.53. The number of aryl methyl sites for hydroxylation is 1. The van der Waals surface area contributed by atoms with E-state index < -0.39 is 5.60 Å². The number of thioether (sulfide) groups is 1. The van der Waals surface area contributed by atoms with Gasteiger partial charge in [0.1, 0.15) is 17.4 Å². The molecule has 0 saturated carbocycles. The van der Waals surface area contributed by atoms with Crippen LogP contribution in [0.4, 0.5) is 0 Å². The second-order valence-corrected chi connectivity index (χ2v) is 8.82. The maximum atomic E-state index is 12.5. The van der Waals surface area contributed by atoms with Crippen molar-refractivity contribution in [2.45, 2.75) is 37.2 Å². The molecule has 0 amide bonds. The van der Waals surface area contributed by atoms with Crippen LogP contribution >= 0.6 is 23.4 Å². The maximum Gasteiger partial charge on any atom is 0.353 e. The Kier molecular flexibility index (Phi) is 6.67. The number of aliphatic hydroxyl groups is 1. The summed E-state index contributed by atoms with van der Waals surface area (Å²) in [6, 6.07) is 14.9. The van der Waals surface area contributed by atoms with E-state index in [1.54, 1.807) is 32.2 Å². The van der Waals surface area contributed by atoms with E-state index in [1.165, 1.54) is 16.3 Å². The van der Waals surface area contributed by atoms with E-state index in [0.29, 0.717) is 27.2 Å². The summed E-state index contributed by atoms with van der Waals surface area (Å²) < 4.78 is 7.16. The molecule has 1 N–H and O–H groups in total. The second kappa shape index (κ2) is 9.03. The highest BCUT2D eigenvalue weighted by Crippen LogP contribution is 2.23. The number of benzene rings is 2. The lowest BCUT2D eigenvalue weighted by Gasteiger charge is -2.19. The van der Waals surface area contributed by atoms with Crippen LogP contribution in [0.2, 0.25) is 5.02 Å². The van der Waals surface area contributed by atoms with E-state index in [9.17, 15) is 9.90 Å². The third-order valence-corrected chi connectivity index (χ3v) is 5.35. The van der Waals surface area contributed by atoms with Gasteiger partial charge in [-0.2, -0.15) is 4.98 Å². The van der Waals surface area contributed by atoms with Crippen molar-refractivity contribution in [3.63, 3.8) is 0 Å². The molecule has 0 aliphatic rings.